The van der Waals surface area contributed by atoms with Crippen LogP contribution in [0.3, 0.4) is 0 Å². The van der Waals surface area contributed by atoms with E-state index in [1.807, 2.05) is 0 Å². The molecule has 0 bridgehead atoms. The molecule has 3 aliphatic carbocycles. The third kappa shape index (κ3) is 1.84. The molecule has 1 nitrogen and oxygen atoms in total. The molecule has 0 heterocycles. The van der Waals surface area contributed by atoms with Gasteiger partial charge in [-0.2, -0.15) is 0 Å². The fourth-order valence-electron chi connectivity index (χ4n) is 5.85. The second kappa shape index (κ2) is 4.88. The van der Waals surface area contributed by atoms with Gasteiger partial charge in [-0.25, -0.2) is 0 Å². The molecule has 0 amide bonds. The van der Waals surface area contributed by atoms with Crippen LogP contribution in [0.5, 0.6) is 5.75 Å². The smallest absolute Gasteiger partial charge is 0.119 e. The maximum Gasteiger partial charge on any atom is 0.119 e. The summed E-state index contributed by atoms with van der Waals surface area (Å²) in [6, 6.07) is 4.39. The first kappa shape index (κ1) is 14.4. The summed E-state index contributed by atoms with van der Waals surface area (Å²) in [5.74, 6) is 2.90. The molecule has 0 unspecified atom stereocenters. The number of allylic oxidation sites excluding steroid dienone is 1. The number of aromatic hydroxyl groups is 1. The van der Waals surface area contributed by atoms with E-state index in [0.29, 0.717) is 11.2 Å². The van der Waals surface area contributed by atoms with Crippen LogP contribution < -0.4 is 0 Å². The number of fused-ring (bicyclic) bond motifs is 5. The molecular weight excluding hydrogens is 268 g/mol. The van der Waals surface area contributed by atoms with Crippen molar-refractivity contribution in [2.24, 2.45) is 17.3 Å². The van der Waals surface area contributed by atoms with Gasteiger partial charge in [0.2, 0.25) is 0 Å². The van der Waals surface area contributed by atoms with E-state index in [1.54, 1.807) is 5.56 Å². The van der Waals surface area contributed by atoms with Crippen LogP contribution in [0.1, 0.15) is 68.6 Å². The zero-order chi connectivity index (χ0) is 15.5. The Bertz CT molecular complexity index is 629. The van der Waals surface area contributed by atoms with E-state index < -0.39 is 0 Å². The van der Waals surface area contributed by atoms with Crippen molar-refractivity contribution in [3.63, 3.8) is 0 Å². The van der Waals surface area contributed by atoms with Crippen molar-refractivity contribution in [3.05, 3.63) is 41.0 Å². The standard InChI is InChI=1S/C21H28O/c1-4-14-11-18-15(12-20(14)22)6-7-17-16(18)9-10-21(3)13(2)5-8-19(17)21/h11-12,16-17,19,22H,2,4-10H2,1,3H3/t16-,17+,19-,21+/m0/s1. The molecule has 0 aromatic heterocycles. The summed E-state index contributed by atoms with van der Waals surface area (Å²) in [6.45, 7) is 9.02. The van der Waals surface area contributed by atoms with Crippen LogP contribution in [0, 0.1) is 17.3 Å². The molecule has 1 aromatic rings. The van der Waals surface area contributed by atoms with E-state index >= 15 is 0 Å². The molecule has 2 fully saturated rings. The minimum absolute atomic E-state index is 0.406. The van der Waals surface area contributed by atoms with Gasteiger partial charge in [0.15, 0.2) is 0 Å². The Morgan fingerprint density at radius 2 is 2.05 bits per heavy atom. The average molecular weight is 296 g/mol. The summed E-state index contributed by atoms with van der Waals surface area (Å²) >= 11 is 0. The molecule has 0 saturated heterocycles. The molecule has 0 radical (unpaired) electrons. The molecule has 3 aliphatic rings. The van der Waals surface area contributed by atoms with Crippen molar-refractivity contribution < 1.29 is 5.11 Å². The Kier molecular flexibility index (Phi) is 3.18. The van der Waals surface area contributed by atoms with E-state index in [-0.39, 0.29) is 0 Å². The van der Waals surface area contributed by atoms with Gasteiger partial charge in [0.1, 0.15) is 5.75 Å². The maximum atomic E-state index is 10.2. The number of benzene rings is 1. The summed E-state index contributed by atoms with van der Waals surface area (Å²) in [6.07, 6.45) is 8.58. The quantitative estimate of drug-likeness (QED) is 0.691. The van der Waals surface area contributed by atoms with Crippen LogP contribution in [-0.4, -0.2) is 5.11 Å². The van der Waals surface area contributed by atoms with E-state index in [9.17, 15) is 5.11 Å². The molecule has 22 heavy (non-hydrogen) atoms. The second-order valence-corrected chi connectivity index (χ2v) is 8.05. The minimum Gasteiger partial charge on any atom is -0.508 e. The third-order valence-electron chi connectivity index (χ3n) is 7.26. The van der Waals surface area contributed by atoms with Gasteiger partial charge in [-0.1, -0.05) is 32.1 Å². The zero-order valence-electron chi connectivity index (χ0n) is 14.0. The fraction of sp³-hybridized carbons (Fsp3) is 0.619. The lowest BCUT2D eigenvalue weighted by Gasteiger charge is -2.49. The Morgan fingerprint density at radius 3 is 2.82 bits per heavy atom. The average Bonchev–Trinajstić information content (AvgIpc) is 2.82. The van der Waals surface area contributed by atoms with Gasteiger partial charge < -0.3 is 5.11 Å². The first-order valence-electron chi connectivity index (χ1n) is 9.07. The van der Waals surface area contributed by atoms with Crippen LogP contribution >= 0.6 is 0 Å². The van der Waals surface area contributed by atoms with Crippen LogP contribution in [0.2, 0.25) is 0 Å². The van der Waals surface area contributed by atoms with Crippen molar-refractivity contribution >= 4 is 0 Å². The molecule has 0 aliphatic heterocycles. The first-order valence-corrected chi connectivity index (χ1v) is 9.07. The summed E-state index contributed by atoms with van der Waals surface area (Å²) in [5.41, 5.74) is 6.02. The van der Waals surface area contributed by atoms with Gasteiger partial charge in [0.25, 0.3) is 0 Å². The maximum absolute atomic E-state index is 10.2. The van der Waals surface area contributed by atoms with Gasteiger partial charge in [-0.05, 0) is 90.9 Å². The summed E-state index contributed by atoms with van der Waals surface area (Å²) in [4.78, 5) is 0. The van der Waals surface area contributed by atoms with Gasteiger partial charge in [-0.15, -0.1) is 0 Å². The van der Waals surface area contributed by atoms with Crippen molar-refractivity contribution in [1.82, 2.24) is 0 Å². The van der Waals surface area contributed by atoms with E-state index in [2.05, 4.69) is 32.6 Å². The molecular formula is C21H28O. The van der Waals surface area contributed by atoms with Crippen molar-refractivity contribution in [2.75, 3.05) is 0 Å². The Hall–Kier alpha value is -1.24. The summed E-state index contributed by atoms with van der Waals surface area (Å²) in [5, 5.41) is 10.2. The molecule has 118 valence electrons. The Balaban J connectivity index is 1.74. The van der Waals surface area contributed by atoms with Crippen LogP contribution in [0.25, 0.3) is 0 Å². The van der Waals surface area contributed by atoms with Crippen molar-refractivity contribution in [3.8, 4) is 5.75 Å². The number of phenolic OH excluding ortho intramolecular Hbond substituents is 1. The molecule has 2 saturated carbocycles. The number of hydrogen-bond donors (Lipinski definition) is 1. The molecule has 4 atom stereocenters. The number of rotatable bonds is 1. The highest BCUT2D eigenvalue weighted by Gasteiger charge is 2.51. The predicted octanol–water partition coefficient (Wildman–Crippen LogP) is 5.37. The van der Waals surface area contributed by atoms with Crippen LogP contribution in [0.15, 0.2) is 24.3 Å². The van der Waals surface area contributed by atoms with E-state index in [4.69, 9.17) is 0 Å². The van der Waals surface area contributed by atoms with Crippen LogP contribution in [-0.2, 0) is 12.8 Å². The Labute approximate surface area is 134 Å². The molecule has 1 heteroatoms. The largest absolute Gasteiger partial charge is 0.508 e. The Morgan fingerprint density at radius 1 is 1.23 bits per heavy atom. The van der Waals surface area contributed by atoms with E-state index in [0.717, 1.165) is 36.2 Å². The molecule has 4 rings (SSSR count). The van der Waals surface area contributed by atoms with Crippen molar-refractivity contribution in [2.45, 2.75) is 64.7 Å². The van der Waals surface area contributed by atoms with Gasteiger partial charge in [0.05, 0.1) is 0 Å². The normalized spacial score (nSPS) is 36.6. The lowest BCUT2D eigenvalue weighted by molar-refractivity contribution is 0.0816. The highest BCUT2D eigenvalue weighted by molar-refractivity contribution is 5.46. The molecule has 0 spiro atoms. The van der Waals surface area contributed by atoms with Gasteiger partial charge in [0, 0.05) is 0 Å². The highest BCUT2D eigenvalue weighted by atomic mass is 16.3. The number of phenols is 1. The predicted molar refractivity (Wildman–Crippen MR) is 91.2 cm³/mol. The second-order valence-electron chi connectivity index (χ2n) is 8.05. The first-order chi connectivity index (χ1) is 10.5. The number of aryl methyl sites for hydroxylation is 2. The minimum atomic E-state index is 0.406. The van der Waals surface area contributed by atoms with Gasteiger partial charge >= 0.3 is 0 Å². The van der Waals surface area contributed by atoms with Gasteiger partial charge in [-0.3, -0.25) is 0 Å². The van der Waals surface area contributed by atoms with Crippen molar-refractivity contribution in [1.29, 1.82) is 0 Å². The summed E-state index contributed by atoms with van der Waals surface area (Å²) < 4.78 is 0. The molecule has 1 aromatic carbocycles. The topological polar surface area (TPSA) is 20.2 Å². The lowest BCUT2D eigenvalue weighted by atomic mass is 9.55. The van der Waals surface area contributed by atoms with Crippen LogP contribution in [0.4, 0.5) is 0 Å². The summed E-state index contributed by atoms with van der Waals surface area (Å²) in [7, 11) is 0. The SMILES string of the molecule is C=C1CC[C@H]2[C@@H]3CCc4cc(O)c(CC)cc4[C@H]3CC[C@]12C. The van der Waals surface area contributed by atoms with E-state index in [1.165, 1.54) is 43.2 Å². The third-order valence-corrected chi connectivity index (χ3v) is 7.26. The number of hydrogen-bond acceptors (Lipinski definition) is 1. The monoisotopic (exact) mass is 296 g/mol. The fourth-order valence-corrected chi connectivity index (χ4v) is 5.85. The highest BCUT2D eigenvalue weighted by Crippen LogP contribution is 2.62. The lowest BCUT2D eigenvalue weighted by Crippen LogP contribution is -2.40. The zero-order valence-corrected chi connectivity index (χ0v) is 14.0. The molecule has 1 N–H and O–H groups in total.